The first kappa shape index (κ1) is 18.0. The molecule has 134 valence electrons. The highest BCUT2D eigenvalue weighted by Gasteiger charge is 2.19. The molecule has 7 heteroatoms. The number of nitrogens with one attached hydrogen (secondary N) is 1. The van der Waals surface area contributed by atoms with E-state index in [1.54, 1.807) is 36.8 Å². The minimum absolute atomic E-state index is 0.125. The molecule has 0 spiro atoms. The van der Waals surface area contributed by atoms with Crippen molar-refractivity contribution in [3.63, 3.8) is 0 Å². The minimum Gasteiger partial charge on any atom is -0.495 e. The van der Waals surface area contributed by atoms with Crippen molar-refractivity contribution < 1.29 is 13.2 Å². The number of hydrogen-bond donors (Lipinski definition) is 1. The SMILES string of the molecule is COc1ccc(C)cc1S(=O)(=O)NCc1ccc(-c2cccnc2)nc1. The molecular formula is C19H19N3O3S. The average molecular weight is 369 g/mol. The van der Waals surface area contributed by atoms with E-state index in [2.05, 4.69) is 14.7 Å². The van der Waals surface area contributed by atoms with Gasteiger partial charge in [-0.15, -0.1) is 0 Å². The lowest BCUT2D eigenvalue weighted by Crippen LogP contribution is -2.24. The summed E-state index contributed by atoms with van der Waals surface area (Å²) in [4.78, 5) is 8.56. The summed E-state index contributed by atoms with van der Waals surface area (Å²) in [6.45, 7) is 1.97. The van der Waals surface area contributed by atoms with Crippen LogP contribution in [0.5, 0.6) is 5.75 Å². The van der Waals surface area contributed by atoms with E-state index >= 15 is 0 Å². The van der Waals surface area contributed by atoms with Gasteiger partial charge in [-0.3, -0.25) is 9.97 Å². The number of methoxy groups -OCH3 is 1. The van der Waals surface area contributed by atoms with Crippen molar-refractivity contribution in [2.75, 3.05) is 7.11 Å². The van der Waals surface area contributed by atoms with E-state index in [0.29, 0.717) is 5.75 Å². The molecule has 0 aliphatic rings. The predicted octanol–water partition coefficient (Wildman–Crippen LogP) is 2.94. The molecule has 0 fully saturated rings. The smallest absolute Gasteiger partial charge is 0.244 e. The Labute approximate surface area is 153 Å². The molecule has 0 bridgehead atoms. The molecule has 2 aromatic heterocycles. The van der Waals surface area contributed by atoms with Gasteiger partial charge < -0.3 is 4.74 Å². The highest BCUT2D eigenvalue weighted by molar-refractivity contribution is 7.89. The zero-order valence-electron chi connectivity index (χ0n) is 14.5. The van der Waals surface area contributed by atoms with Gasteiger partial charge in [0.2, 0.25) is 10.0 Å². The molecule has 0 saturated heterocycles. The Bertz CT molecular complexity index is 988. The lowest BCUT2D eigenvalue weighted by molar-refractivity contribution is 0.402. The summed E-state index contributed by atoms with van der Waals surface area (Å²) in [6.07, 6.45) is 5.08. The van der Waals surface area contributed by atoms with Gasteiger partial charge in [0.15, 0.2) is 0 Å². The van der Waals surface area contributed by atoms with Crippen molar-refractivity contribution >= 4 is 10.0 Å². The number of pyridine rings is 2. The van der Waals surface area contributed by atoms with Crippen molar-refractivity contribution in [2.45, 2.75) is 18.4 Å². The van der Waals surface area contributed by atoms with E-state index in [9.17, 15) is 8.42 Å². The maximum atomic E-state index is 12.6. The minimum atomic E-state index is -3.70. The first-order valence-electron chi connectivity index (χ1n) is 7.99. The first-order chi connectivity index (χ1) is 12.5. The Balaban J connectivity index is 1.75. The molecule has 2 heterocycles. The number of rotatable bonds is 6. The lowest BCUT2D eigenvalue weighted by Gasteiger charge is -2.11. The van der Waals surface area contributed by atoms with Gasteiger partial charge in [-0.05, 0) is 48.4 Å². The Morgan fingerprint density at radius 2 is 1.96 bits per heavy atom. The van der Waals surface area contributed by atoms with Crippen molar-refractivity contribution in [3.8, 4) is 17.0 Å². The van der Waals surface area contributed by atoms with Gasteiger partial charge in [0, 0.05) is 30.7 Å². The maximum absolute atomic E-state index is 12.6. The molecule has 1 aromatic carbocycles. The highest BCUT2D eigenvalue weighted by Crippen LogP contribution is 2.24. The van der Waals surface area contributed by atoms with E-state index < -0.39 is 10.0 Å². The fraction of sp³-hybridized carbons (Fsp3) is 0.158. The lowest BCUT2D eigenvalue weighted by atomic mass is 10.1. The summed E-state index contributed by atoms with van der Waals surface area (Å²) < 4.78 is 33.0. The molecule has 0 atom stereocenters. The third-order valence-corrected chi connectivity index (χ3v) is 5.28. The van der Waals surface area contributed by atoms with E-state index in [4.69, 9.17) is 4.74 Å². The molecule has 0 saturated carbocycles. The van der Waals surface area contributed by atoms with Crippen LogP contribution in [0, 0.1) is 6.92 Å². The second-order valence-electron chi connectivity index (χ2n) is 5.77. The third-order valence-electron chi connectivity index (χ3n) is 3.86. The van der Waals surface area contributed by atoms with Crippen LogP contribution >= 0.6 is 0 Å². The third kappa shape index (κ3) is 4.07. The topological polar surface area (TPSA) is 81.2 Å². The van der Waals surface area contributed by atoms with Gasteiger partial charge in [-0.1, -0.05) is 12.1 Å². The highest BCUT2D eigenvalue weighted by atomic mass is 32.2. The molecule has 0 unspecified atom stereocenters. The van der Waals surface area contributed by atoms with Crippen LogP contribution in [0.25, 0.3) is 11.3 Å². The monoisotopic (exact) mass is 369 g/mol. The standard InChI is InChI=1S/C19H19N3O3S/c1-14-5-8-18(25-2)19(10-14)26(23,24)22-12-15-6-7-17(21-11-15)16-4-3-9-20-13-16/h3-11,13,22H,12H2,1-2H3. The summed E-state index contributed by atoms with van der Waals surface area (Å²) in [5.74, 6) is 0.313. The number of aromatic nitrogens is 2. The molecule has 6 nitrogen and oxygen atoms in total. The average Bonchev–Trinajstić information content (AvgIpc) is 2.67. The molecule has 3 aromatic rings. The number of hydrogen-bond acceptors (Lipinski definition) is 5. The second kappa shape index (κ2) is 7.63. The summed E-state index contributed by atoms with van der Waals surface area (Å²) in [6, 6.07) is 12.5. The number of benzene rings is 1. The van der Waals surface area contributed by atoms with Gasteiger partial charge in [0.1, 0.15) is 10.6 Å². The molecule has 1 N–H and O–H groups in total. The van der Waals surface area contributed by atoms with Crippen LogP contribution in [0.2, 0.25) is 0 Å². The van der Waals surface area contributed by atoms with E-state index in [1.165, 1.54) is 7.11 Å². The van der Waals surface area contributed by atoms with Gasteiger partial charge >= 0.3 is 0 Å². The number of aryl methyl sites for hydroxylation is 1. The van der Waals surface area contributed by atoms with Crippen molar-refractivity contribution in [3.05, 3.63) is 72.2 Å². The van der Waals surface area contributed by atoms with Crippen molar-refractivity contribution in [1.82, 2.24) is 14.7 Å². The zero-order valence-corrected chi connectivity index (χ0v) is 15.3. The largest absolute Gasteiger partial charge is 0.495 e. The molecule has 0 aliphatic carbocycles. The quantitative estimate of drug-likeness (QED) is 0.722. The van der Waals surface area contributed by atoms with Crippen molar-refractivity contribution in [1.29, 1.82) is 0 Å². The summed E-state index contributed by atoms with van der Waals surface area (Å²) in [7, 11) is -2.25. The molecule has 0 amide bonds. The fourth-order valence-corrected chi connectivity index (χ4v) is 3.73. The van der Waals surface area contributed by atoms with Crippen LogP contribution in [0.1, 0.15) is 11.1 Å². The first-order valence-corrected chi connectivity index (χ1v) is 9.47. The van der Waals surface area contributed by atoms with E-state index in [1.807, 2.05) is 31.2 Å². The second-order valence-corrected chi connectivity index (χ2v) is 7.51. The molecule has 26 heavy (non-hydrogen) atoms. The zero-order chi connectivity index (χ0) is 18.6. The van der Waals surface area contributed by atoms with Crippen LogP contribution < -0.4 is 9.46 Å². The normalized spacial score (nSPS) is 11.3. The van der Waals surface area contributed by atoms with Gasteiger partial charge in [0.25, 0.3) is 0 Å². The molecule has 0 aliphatic heterocycles. The summed E-state index contributed by atoms with van der Waals surface area (Å²) in [5.41, 5.74) is 3.29. The Morgan fingerprint density at radius 1 is 1.12 bits per heavy atom. The summed E-state index contributed by atoms with van der Waals surface area (Å²) in [5, 5.41) is 0. The van der Waals surface area contributed by atoms with Crippen LogP contribution in [0.4, 0.5) is 0 Å². The molecule has 0 radical (unpaired) electrons. The summed E-state index contributed by atoms with van der Waals surface area (Å²) >= 11 is 0. The Morgan fingerprint density at radius 3 is 2.62 bits per heavy atom. The van der Waals surface area contributed by atoms with Gasteiger partial charge in [-0.2, -0.15) is 0 Å². The van der Waals surface area contributed by atoms with Crippen LogP contribution in [-0.2, 0) is 16.6 Å². The van der Waals surface area contributed by atoms with Crippen LogP contribution in [0.3, 0.4) is 0 Å². The van der Waals surface area contributed by atoms with Crippen LogP contribution in [-0.4, -0.2) is 25.5 Å². The Hall–Kier alpha value is -2.77. The number of ether oxygens (including phenoxy) is 1. The number of nitrogens with zero attached hydrogens (tertiary/aromatic N) is 2. The number of sulfonamides is 1. The van der Waals surface area contributed by atoms with Crippen molar-refractivity contribution in [2.24, 2.45) is 0 Å². The maximum Gasteiger partial charge on any atom is 0.244 e. The fourth-order valence-electron chi connectivity index (χ4n) is 2.46. The van der Waals surface area contributed by atoms with E-state index in [-0.39, 0.29) is 11.4 Å². The Kier molecular flexibility index (Phi) is 5.29. The van der Waals surface area contributed by atoms with Crippen LogP contribution in [0.15, 0.2) is 66.0 Å². The predicted molar refractivity (Wildman–Crippen MR) is 99.2 cm³/mol. The van der Waals surface area contributed by atoms with Gasteiger partial charge in [0.05, 0.1) is 12.8 Å². The molecule has 3 rings (SSSR count). The van der Waals surface area contributed by atoms with Gasteiger partial charge in [-0.25, -0.2) is 13.1 Å². The molecular weight excluding hydrogens is 350 g/mol. The van der Waals surface area contributed by atoms with E-state index in [0.717, 1.165) is 22.4 Å².